The number of thiocarbonyl (C=S) groups is 1. The average molecular weight is 363 g/mol. The molecule has 126 valence electrons. The second kappa shape index (κ2) is 8.00. The van der Waals surface area contributed by atoms with Gasteiger partial charge in [0.15, 0.2) is 5.11 Å². The summed E-state index contributed by atoms with van der Waals surface area (Å²) in [7, 11) is -4.43. The van der Waals surface area contributed by atoms with E-state index in [-0.39, 0.29) is 15.9 Å². The lowest BCUT2D eigenvalue weighted by molar-refractivity contribution is 0.0976. The number of benzene rings is 2. The molecule has 0 atom stereocenters. The summed E-state index contributed by atoms with van der Waals surface area (Å²) in [6.45, 7) is 0.456. The van der Waals surface area contributed by atoms with Crippen molar-refractivity contribution < 1.29 is 17.8 Å². The fourth-order valence-electron chi connectivity index (χ4n) is 1.95. The van der Waals surface area contributed by atoms with Crippen LogP contribution in [0.25, 0.3) is 0 Å². The number of amides is 1. The molecule has 0 aliphatic heterocycles. The van der Waals surface area contributed by atoms with Crippen molar-refractivity contribution in [2.45, 2.75) is 11.3 Å². The van der Waals surface area contributed by atoms with Crippen LogP contribution in [0, 0.1) is 0 Å². The summed E-state index contributed by atoms with van der Waals surface area (Å²) >= 11 is 5.05. The van der Waals surface area contributed by atoms with Gasteiger partial charge in [-0.1, -0.05) is 30.3 Å². The van der Waals surface area contributed by atoms with Crippen LogP contribution in [0.15, 0.2) is 59.5 Å². The zero-order valence-corrected chi connectivity index (χ0v) is 14.2. The van der Waals surface area contributed by atoms with Gasteiger partial charge in [0.25, 0.3) is 5.91 Å². The third-order valence-electron chi connectivity index (χ3n) is 3.17. The van der Waals surface area contributed by atoms with E-state index in [0.29, 0.717) is 18.5 Å². The van der Waals surface area contributed by atoms with Crippen LogP contribution >= 0.6 is 12.2 Å². The number of hydrogen-bond donors (Lipinski definition) is 2. The van der Waals surface area contributed by atoms with E-state index < -0.39 is 10.1 Å². The van der Waals surface area contributed by atoms with E-state index >= 15 is 0 Å². The van der Waals surface area contributed by atoms with Crippen LogP contribution in [0.3, 0.4) is 0 Å². The number of hydrogen-bond acceptors (Lipinski definition) is 5. The predicted molar refractivity (Wildman–Crippen MR) is 92.6 cm³/mol. The minimum Gasteiger partial charge on any atom is -0.744 e. The molecule has 2 N–H and O–H groups in total. The highest BCUT2D eigenvalue weighted by molar-refractivity contribution is 7.85. The second-order valence-electron chi connectivity index (χ2n) is 4.92. The predicted octanol–water partition coefficient (Wildman–Crippen LogP) is 1.44. The molecule has 0 saturated heterocycles. The summed E-state index contributed by atoms with van der Waals surface area (Å²) in [5.74, 6) is -0.293. The summed E-state index contributed by atoms with van der Waals surface area (Å²) in [6.07, 6.45) is 0.556. The van der Waals surface area contributed by atoms with Crippen molar-refractivity contribution in [1.82, 2.24) is 10.6 Å². The Morgan fingerprint density at radius 1 is 1.04 bits per heavy atom. The number of carbonyl (C=O) groups is 1. The first kappa shape index (κ1) is 18.1. The summed E-state index contributed by atoms with van der Waals surface area (Å²) in [6, 6.07) is 14.4. The van der Waals surface area contributed by atoms with Gasteiger partial charge in [-0.25, -0.2) is 8.42 Å². The molecule has 0 heterocycles. The summed E-state index contributed by atoms with van der Waals surface area (Å²) in [4.78, 5) is 11.6. The van der Waals surface area contributed by atoms with Gasteiger partial charge in [-0.05, 0) is 48.5 Å². The SMILES string of the molecule is O=C(NC(=S)NCCc1ccc(S(=O)(=O)[O-])cc1)c1ccccc1. The van der Waals surface area contributed by atoms with E-state index in [4.69, 9.17) is 12.2 Å². The Morgan fingerprint density at radius 3 is 2.25 bits per heavy atom. The molecule has 0 saturated carbocycles. The standard InChI is InChI=1S/C16H16N2O4S2/c19-15(13-4-2-1-3-5-13)18-16(23)17-11-10-12-6-8-14(9-7-12)24(20,21)22/h1-9H,10-11H2,(H,20,21,22)(H2,17,18,19,23)/p-1. The van der Waals surface area contributed by atoms with Gasteiger partial charge in [0.2, 0.25) is 0 Å². The molecule has 0 bridgehead atoms. The Labute approximate surface area is 145 Å². The van der Waals surface area contributed by atoms with Gasteiger partial charge in [-0.3, -0.25) is 10.1 Å². The summed E-state index contributed by atoms with van der Waals surface area (Å²) in [5, 5.41) is 5.68. The molecule has 2 aromatic rings. The molecule has 0 unspecified atom stereocenters. The average Bonchev–Trinajstić information content (AvgIpc) is 2.55. The van der Waals surface area contributed by atoms with Crippen LogP contribution < -0.4 is 10.6 Å². The molecule has 1 amide bonds. The fourth-order valence-corrected chi connectivity index (χ4v) is 2.62. The minimum atomic E-state index is -4.43. The van der Waals surface area contributed by atoms with Gasteiger partial charge in [0, 0.05) is 12.1 Å². The van der Waals surface area contributed by atoms with Crippen molar-refractivity contribution in [3.8, 4) is 0 Å². The topological polar surface area (TPSA) is 98.3 Å². The monoisotopic (exact) mass is 363 g/mol. The second-order valence-corrected chi connectivity index (χ2v) is 6.71. The van der Waals surface area contributed by atoms with Crippen LogP contribution in [-0.2, 0) is 16.5 Å². The zero-order chi connectivity index (χ0) is 17.6. The molecule has 0 spiro atoms. The highest BCUT2D eigenvalue weighted by Gasteiger charge is 2.06. The van der Waals surface area contributed by atoms with E-state index in [9.17, 15) is 17.8 Å². The molecule has 0 aliphatic carbocycles. The maximum Gasteiger partial charge on any atom is 0.257 e. The minimum absolute atomic E-state index is 0.211. The Hall–Kier alpha value is -2.29. The van der Waals surface area contributed by atoms with Crippen molar-refractivity contribution in [3.63, 3.8) is 0 Å². The van der Waals surface area contributed by atoms with E-state index in [2.05, 4.69) is 10.6 Å². The number of carbonyl (C=O) groups excluding carboxylic acids is 1. The maximum atomic E-state index is 11.9. The molecule has 2 rings (SSSR count). The highest BCUT2D eigenvalue weighted by atomic mass is 32.2. The van der Waals surface area contributed by atoms with E-state index in [1.54, 1.807) is 36.4 Å². The van der Waals surface area contributed by atoms with Crippen molar-refractivity contribution in [2.24, 2.45) is 0 Å². The molecule has 0 aromatic heterocycles. The Balaban J connectivity index is 1.79. The molecule has 6 nitrogen and oxygen atoms in total. The molecule has 0 aliphatic rings. The van der Waals surface area contributed by atoms with Gasteiger partial charge in [-0.15, -0.1) is 0 Å². The van der Waals surface area contributed by atoms with E-state index in [1.165, 1.54) is 12.1 Å². The molecular formula is C16H15N2O4S2-. The lowest BCUT2D eigenvalue weighted by Gasteiger charge is -2.10. The lowest BCUT2D eigenvalue weighted by atomic mass is 10.1. The number of rotatable bonds is 5. The Morgan fingerprint density at radius 2 is 1.67 bits per heavy atom. The first-order valence-electron chi connectivity index (χ1n) is 7.05. The quantitative estimate of drug-likeness (QED) is 0.616. The first-order valence-corrected chi connectivity index (χ1v) is 8.87. The van der Waals surface area contributed by atoms with Gasteiger partial charge >= 0.3 is 0 Å². The van der Waals surface area contributed by atoms with Crippen LogP contribution in [-0.4, -0.2) is 30.5 Å². The van der Waals surface area contributed by atoms with Gasteiger partial charge < -0.3 is 9.87 Å². The summed E-state index contributed by atoms with van der Waals surface area (Å²) < 4.78 is 32.5. The highest BCUT2D eigenvalue weighted by Crippen LogP contribution is 2.10. The van der Waals surface area contributed by atoms with Crippen LogP contribution in [0.2, 0.25) is 0 Å². The summed E-state index contributed by atoms with van der Waals surface area (Å²) in [5.41, 5.74) is 1.35. The normalized spacial score (nSPS) is 10.9. The molecule has 0 fully saturated rings. The van der Waals surface area contributed by atoms with Crippen molar-refractivity contribution in [2.75, 3.05) is 6.54 Å². The molecule has 0 radical (unpaired) electrons. The molecular weight excluding hydrogens is 348 g/mol. The Bertz CT molecular complexity index is 819. The van der Waals surface area contributed by atoms with Crippen LogP contribution in [0.5, 0.6) is 0 Å². The van der Waals surface area contributed by atoms with Crippen molar-refractivity contribution in [1.29, 1.82) is 0 Å². The van der Waals surface area contributed by atoms with E-state index in [1.807, 2.05) is 6.07 Å². The van der Waals surface area contributed by atoms with Gasteiger partial charge in [0.1, 0.15) is 10.1 Å². The molecule has 2 aromatic carbocycles. The van der Waals surface area contributed by atoms with Crippen molar-refractivity contribution >= 4 is 33.4 Å². The van der Waals surface area contributed by atoms with Gasteiger partial charge in [-0.2, -0.15) is 0 Å². The van der Waals surface area contributed by atoms with Gasteiger partial charge in [0.05, 0.1) is 4.90 Å². The third-order valence-corrected chi connectivity index (χ3v) is 4.27. The smallest absolute Gasteiger partial charge is 0.257 e. The molecule has 24 heavy (non-hydrogen) atoms. The first-order chi connectivity index (χ1) is 11.4. The Kier molecular flexibility index (Phi) is 6.02. The third kappa shape index (κ3) is 5.41. The van der Waals surface area contributed by atoms with Crippen molar-refractivity contribution in [3.05, 3.63) is 65.7 Å². The fraction of sp³-hybridized carbons (Fsp3) is 0.125. The van der Waals surface area contributed by atoms with Crippen LogP contribution in [0.4, 0.5) is 0 Å². The lowest BCUT2D eigenvalue weighted by Crippen LogP contribution is -2.40. The van der Waals surface area contributed by atoms with E-state index in [0.717, 1.165) is 5.56 Å². The van der Waals surface area contributed by atoms with Crippen LogP contribution in [0.1, 0.15) is 15.9 Å². The number of nitrogens with one attached hydrogen (secondary N) is 2. The zero-order valence-electron chi connectivity index (χ0n) is 12.6. The largest absolute Gasteiger partial charge is 0.744 e. The maximum absolute atomic E-state index is 11.9. The molecule has 8 heteroatoms.